The van der Waals surface area contributed by atoms with Gasteiger partial charge in [-0.25, -0.2) is 9.97 Å². The maximum atomic E-state index is 5.41. The van der Waals surface area contributed by atoms with E-state index in [1.54, 1.807) is 6.26 Å². The molecule has 1 aliphatic rings. The third kappa shape index (κ3) is 3.61. The van der Waals surface area contributed by atoms with Gasteiger partial charge in [0, 0.05) is 36.6 Å². The molecule has 0 amide bonds. The Bertz CT molecular complexity index is 578. The van der Waals surface area contributed by atoms with Gasteiger partial charge in [0.25, 0.3) is 0 Å². The Morgan fingerprint density at radius 1 is 1.43 bits per heavy atom. The molecular weight excluding hydrogens is 264 g/mol. The van der Waals surface area contributed by atoms with E-state index in [2.05, 4.69) is 34.0 Å². The van der Waals surface area contributed by atoms with Crippen LogP contribution in [0.3, 0.4) is 0 Å². The van der Waals surface area contributed by atoms with Gasteiger partial charge in [-0.3, -0.25) is 0 Å². The number of aromatic nitrogens is 2. The summed E-state index contributed by atoms with van der Waals surface area (Å²) in [4.78, 5) is 11.3. The van der Waals surface area contributed by atoms with Crippen molar-refractivity contribution in [3.05, 3.63) is 41.6 Å². The van der Waals surface area contributed by atoms with Crippen LogP contribution in [0.25, 0.3) is 0 Å². The Balaban J connectivity index is 1.69. The van der Waals surface area contributed by atoms with Crippen LogP contribution in [0.15, 0.2) is 29.0 Å². The Labute approximate surface area is 125 Å². The number of nitrogens with one attached hydrogen (secondary N) is 1. The maximum Gasteiger partial charge on any atom is 0.225 e. The second-order valence-electron chi connectivity index (χ2n) is 5.53. The second-order valence-corrected chi connectivity index (χ2v) is 5.53. The van der Waals surface area contributed by atoms with Gasteiger partial charge in [-0.2, -0.15) is 0 Å². The molecule has 1 fully saturated rings. The first kappa shape index (κ1) is 14.1. The fourth-order valence-electron chi connectivity index (χ4n) is 2.26. The van der Waals surface area contributed by atoms with Crippen LogP contribution in [0.2, 0.25) is 0 Å². The summed E-state index contributed by atoms with van der Waals surface area (Å²) in [5.74, 6) is 1.69. The monoisotopic (exact) mass is 286 g/mol. The number of hydrogen-bond donors (Lipinski definition) is 1. The molecule has 1 saturated carbocycles. The summed E-state index contributed by atoms with van der Waals surface area (Å²) in [7, 11) is 0. The third-order valence-electron chi connectivity index (χ3n) is 3.82. The van der Waals surface area contributed by atoms with Crippen LogP contribution in [0, 0.1) is 6.92 Å². The average molecular weight is 286 g/mol. The minimum atomic E-state index is 0.697. The summed E-state index contributed by atoms with van der Waals surface area (Å²) in [6.45, 7) is 6.56. The van der Waals surface area contributed by atoms with Crippen molar-refractivity contribution < 1.29 is 4.42 Å². The predicted molar refractivity (Wildman–Crippen MR) is 82.1 cm³/mol. The molecule has 3 rings (SSSR count). The highest BCUT2D eigenvalue weighted by atomic mass is 16.3. The van der Waals surface area contributed by atoms with Crippen LogP contribution < -0.4 is 10.2 Å². The van der Waals surface area contributed by atoms with E-state index >= 15 is 0 Å². The molecule has 0 radical (unpaired) electrons. The molecule has 0 saturated heterocycles. The lowest BCUT2D eigenvalue weighted by Crippen LogP contribution is -2.25. The summed E-state index contributed by atoms with van der Waals surface area (Å²) < 4.78 is 5.41. The lowest BCUT2D eigenvalue weighted by molar-refractivity contribution is 0.501. The van der Waals surface area contributed by atoms with Crippen molar-refractivity contribution in [3.63, 3.8) is 0 Å². The second kappa shape index (κ2) is 6.26. The van der Waals surface area contributed by atoms with E-state index in [-0.39, 0.29) is 0 Å². The maximum absolute atomic E-state index is 5.41. The zero-order valence-electron chi connectivity index (χ0n) is 12.7. The molecule has 0 bridgehead atoms. The smallest absolute Gasteiger partial charge is 0.225 e. The highest BCUT2D eigenvalue weighted by Gasteiger charge is 2.20. The van der Waals surface area contributed by atoms with E-state index in [0.717, 1.165) is 30.5 Å². The molecule has 0 aromatic carbocycles. The van der Waals surface area contributed by atoms with Gasteiger partial charge in [0.15, 0.2) is 0 Å². The van der Waals surface area contributed by atoms with E-state index in [1.165, 1.54) is 18.4 Å². The van der Waals surface area contributed by atoms with Crippen molar-refractivity contribution in [2.24, 2.45) is 0 Å². The van der Waals surface area contributed by atoms with Gasteiger partial charge >= 0.3 is 0 Å². The van der Waals surface area contributed by atoms with Gasteiger partial charge in [-0.15, -0.1) is 0 Å². The standard InChI is InChI=1S/C16H22N4O/c1-3-20(11-15-5-4-8-21-15)16-18-10-13(12(2)19-16)9-17-14-6-7-14/h4-5,8,10,14,17H,3,6-7,9,11H2,1-2H3. The van der Waals surface area contributed by atoms with Gasteiger partial charge in [-0.1, -0.05) is 0 Å². The van der Waals surface area contributed by atoms with E-state index in [1.807, 2.05) is 18.3 Å². The molecule has 2 heterocycles. The van der Waals surface area contributed by atoms with E-state index < -0.39 is 0 Å². The van der Waals surface area contributed by atoms with E-state index in [9.17, 15) is 0 Å². The molecular formula is C16H22N4O. The first-order valence-corrected chi connectivity index (χ1v) is 7.59. The normalized spacial score (nSPS) is 14.4. The lowest BCUT2D eigenvalue weighted by atomic mass is 10.2. The molecule has 0 unspecified atom stereocenters. The van der Waals surface area contributed by atoms with Crippen molar-refractivity contribution in [2.75, 3.05) is 11.4 Å². The average Bonchev–Trinajstić information content (AvgIpc) is 3.18. The van der Waals surface area contributed by atoms with Crippen molar-refractivity contribution >= 4 is 5.95 Å². The first-order chi connectivity index (χ1) is 10.3. The van der Waals surface area contributed by atoms with Gasteiger partial charge in [-0.05, 0) is 38.8 Å². The molecule has 1 aliphatic carbocycles. The molecule has 112 valence electrons. The van der Waals surface area contributed by atoms with Crippen LogP contribution in [0.4, 0.5) is 5.95 Å². The molecule has 5 nitrogen and oxygen atoms in total. The minimum absolute atomic E-state index is 0.697. The van der Waals surface area contributed by atoms with Gasteiger partial charge in [0.05, 0.1) is 12.8 Å². The Kier molecular flexibility index (Phi) is 4.20. The number of nitrogens with zero attached hydrogens (tertiary/aromatic N) is 3. The highest BCUT2D eigenvalue weighted by molar-refractivity contribution is 5.33. The molecule has 5 heteroatoms. The molecule has 1 N–H and O–H groups in total. The number of rotatable bonds is 7. The summed E-state index contributed by atoms with van der Waals surface area (Å²) >= 11 is 0. The molecule has 0 spiro atoms. The predicted octanol–water partition coefficient (Wildman–Crippen LogP) is 2.66. The van der Waals surface area contributed by atoms with E-state index in [0.29, 0.717) is 12.6 Å². The minimum Gasteiger partial charge on any atom is -0.467 e. The Hall–Kier alpha value is -1.88. The number of hydrogen-bond acceptors (Lipinski definition) is 5. The first-order valence-electron chi connectivity index (χ1n) is 7.59. The van der Waals surface area contributed by atoms with Gasteiger partial charge < -0.3 is 14.6 Å². The number of aryl methyl sites for hydroxylation is 1. The molecule has 0 aliphatic heterocycles. The van der Waals surface area contributed by atoms with Crippen molar-refractivity contribution in [1.82, 2.24) is 15.3 Å². The number of anilines is 1. The van der Waals surface area contributed by atoms with Gasteiger partial charge in [0.1, 0.15) is 5.76 Å². The summed E-state index contributed by atoms with van der Waals surface area (Å²) in [5.41, 5.74) is 2.23. The summed E-state index contributed by atoms with van der Waals surface area (Å²) in [6, 6.07) is 4.58. The van der Waals surface area contributed by atoms with Crippen LogP contribution in [0.1, 0.15) is 36.8 Å². The van der Waals surface area contributed by atoms with Gasteiger partial charge in [0.2, 0.25) is 5.95 Å². The molecule has 2 aromatic heterocycles. The molecule has 21 heavy (non-hydrogen) atoms. The van der Waals surface area contributed by atoms with Crippen LogP contribution in [0.5, 0.6) is 0 Å². The largest absolute Gasteiger partial charge is 0.467 e. The summed E-state index contributed by atoms with van der Waals surface area (Å²) in [6.07, 6.45) is 6.23. The third-order valence-corrected chi connectivity index (χ3v) is 3.82. The van der Waals surface area contributed by atoms with Crippen molar-refractivity contribution in [3.8, 4) is 0 Å². The zero-order valence-corrected chi connectivity index (χ0v) is 12.7. The summed E-state index contributed by atoms with van der Waals surface area (Å²) in [5, 5.41) is 3.50. The lowest BCUT2D eigenvalue weighted by Gasteiger charge is -2.20. The molecule has 0 atom stereocenters. The SMILES string of the molecule is CCN(Cc1ccco1)c1ncc(CNC2CC2)c(C)n1. The zero-order chi connectivity index (χ0) is 14.7. The van der Waals surface area contributed by atoms with Crippen LogP contribution >= 0.6 is 0 Å². The highest BCUT2D eigenvalue weighted by Crippen LogP contribution is 2.20. The van der Waals surface area contributed by atoms with E-state index in [4.69, 9.17) is 4.42 Å². The topological polar surface area (TPSA) is 54.2 Å². The molecule has 2 aromatic rings. The fraction of sp³-hybridized carbons (Fsp3) is 0.500. The van der Waals surface area contributed by atoms with Crippen molar-refractivity contribution in [2.45, 2.75) is 45.8 Å². The number of furan rings is 1. The van der Waals surface area contributed by atoms with Crippen LogP contribution in [-0.2, 0) is 13.1 Å². The Morgan fingerprint density at radius 2 is 2.29 bits per heavy atom. The van der Waals surface area contributed by atoms with Crippen LogP contribution in [-0.4, -0.2) is 22.6 Å². The Morgan fingerprint density at radius 3 is 2.90 bits per heavy atom. The van der Waals surface area contributed by atoms with Crippen molar-refractivity contribution in [1.29, 1.82) is 0 Å². The fourth-order valence-corrected chi connectivity index (χ4v) is 2.26. The quantitative estimate of drug-likeness (QED) is 0.848.